The molecule has 0 N–H and O–H groups in total. The van der Waals surface area contributed by atoms with E-state index in [2.05, 4.69) is 20.9 Å². The van der Waals surface area contributed by atoms with Crippen molar-refractivity contribution in [2.75, 3.05) is 19.8 Å². The average Bonchev–Trinajstić information content (AvgIpc) is 3.26. The summed E-state index contributed by atoms with van der Waals surface area (Å²) in [5.41, 5.74) is 3.12. The number of halogens is 1. The lowest BCUT2D eigenvalue weighted by atomic mass is 9.96. The lowest BCUT2D eigenvalue weighted by Crippen LogP contribution is -2.23. The number of hydrogen-bond donors (Lipinski definition) is 0. The van der Waals surface area contributed by atoms with Crippen molar-refractivity contribution in [3.8, 4) is 28.1 Å². The maximum absolute atomic E-state index is 11.2. The van der Waals surface area contributed by atoms with Gasteiger partial charge in [-0.25, -0.2) is 4.98 Å². The third-order valence-electron chi connectivity index (χ3n) is 4.89. The van der Waals surface area contributed by atoms with E-state index >= 15 is 0 Å². The number of aromatic carboxylic acids is 1. The van der Waals surface area contributed by atoms with Gasteiger partial charge in [0.15, 0.2) is 0 Å². The zero-order valence-electron chi connectivity index (χ0n) is 15.6. The van der Waals surface area contributed by atoms with Crippen LogP contribution in [0, 0.1) is 5.92 Å². The Hall–Kier alpha value is -2.70. The molecule has 1 aliphatic rings. The number of aromatic nitrogens is 1. The first-order chi connectivity index (χ1) is 14.1. The molecule has 3 aromatic rings. The summed E-state index contributed by atoms with van der Waals surface area (Å²) < 4.78 is 12.5. The van der Waals surface area contributed by atoms with E-state index in [1.807, 2.05) is 42.5 Å². The van der Waals surface area contributed by atoms with Gasteiger partial charge in [0, 0.05) is 28.1 Å². The van der Waals surface area contributed by atoms with Crippen molar-refractivity contribution in [2.24, 2.45) is 5.92 Å². The van der Waals surface area contributed by atoms with Crippen LogP contribution in [0.15, 0.2) is 65.1 Å². The SMILES string of the molecule is O=C([O-])c1cccc(-c2ccccc2-c2cc(Br)ccc2OCC2CCOC2)n1. The molecule has 4 rings (SSSR count). The fraction of sp³-hybridized carbons (Fsp3) is 0.217. The molecule has 0 spiro atoms. The molecule has 6 heteroatoms. The van der Waals surface area contributed by atoms with Gasteiger partial charge in [0.05, 0.1) is 30.6 Å². The summed E-state index contributed by atoms with van der Waals surface area (Å²) in [5, 5.41) is 11.2. The molecule has 0 aliphatic carbocycles. The smallest absolute Gasteiger partial charge is 0.127 e. The highest BCUT2D eigenvalue weighted by Gasteiger charge is 2.18. The summed E-state index contributed by atoms with van der Waals surface area (Å²) in [4.78, 5) is 15.5. The fourth-order valence-corrected chi connectivity index (χ4v) is 3.76. The van der Waals surface area contributed by atoms with Crippen LogP contribution in [0.5, 0.6) is 5.75 Å². The zero-order valence-corrected chi connectivity index (χ0v) is 17.2. The van der Waals surface area contributed by atoms with E-state index in [0.29, 0.717) is 18.2 Å². The van der Waals surface area contributed by atoms with Crippen LogP contribution in [0.3, 0.4) is 0 Å². The van der Waals surface area contributed by atoms with Crippen LogP contribution < -0.4 is 9.84 Å². The van der Waals surface area contributed by atoms with E-state index < -0.39 is 5.97 Å². The van der Waals surface area contributed by atoms with Crippen molar-refractivity contribution in [1.82, 2.24) is 4.98 Å². The quantitative estimate of drug-likeness (QED) is 0.565. The molecule has 2 heterocycles. The summed E-state index contributed by atoms with van der Waals surface area (Å²) in [7, 11) is 0. The van der Waals surface area contributed by atoms with E-state index in [0.717, 1.165) is 46.5 Å². The molecule has 1 atom stereocenters. The van der Waals surface area contributed by atoms with Gasteiger partial charge in [-0.05, 0) is 42.3 Å². The topological polar surface area (TPSA) is 71.5 Å². The minimum atomic E-state index is -1.30. The van der Waals surface area contributed by atoms with E-state index in [9.17, 15) is 9.90 Å². The van der Waals surface area contributed by atoms with Gasteiger partial charge in [0.2, 0.25) is 0 Å². The number of hydrogen-bond acceptors (Lipinski definition) is 5. The second-order valence-electron chi connectivity index (χ2n) is 6.92. The van der Waals surface area contributed by atoms with E-state index in [4.69, 9.17) is 9.47 Å². The number of pyridine rings is 1. The number of ether oxygens (including phenoxy) is 2. The van der Waals surface area contributed by atoms with E-state index in [1.54, 1.807) is 12.1 Å². The van der Waals surface area contributed by atoms with Gasteiger partial charge in [-0.3, -0.25) is 0 Å². The molecule has 1 aliphatic heterocycles. The van der Waals surface area contributed by atoms with Crippen LogP contribution in [0.25, 0.3) is 22.4 Å². The number of rotatable bonds is 6. The Balaban J connectivity index is 1.74. The monoisotopic (exact) mass is 452 g/mol. The van der Waals surface area contributed by atoms with Crippen molar-refractivity contribution in [2.45, 2.75) is 6.42 Å². The van der Waals surface area contributed by atoms with Gasteiger partial charge in [-0.2, -0.15) is 0 Å². The normalized spacial score (nSPS) is 16.0. The largest absolute Gasteiger partial charge is 0.543 e. The third-order valence-corrected chi connectivity index (χ3v) is 5.38. The van der Waals surface area contributed by atoms with Crippen LogP contribution in [-0.4, -0.2) is 30.8 Å². The van der Waals surface area contributed by atoms with Gasteiger partial charge in [-0.15, -0.1) is 0 Å². The van der Waals surface area contributed by atoms with Crippen molar-refractivity contribution in [1.29, 1.82) is 0 Å². The molecular formula is C23H19BrNO4-. The van der Waals surface area contributed by atoms with Crippen molar-refractivity contribution >= 4 is 21.9 Å². The highest BCUT2D eigenvalue weighted by molar-refractivity contribution is 9.10. The number of nitrogens with zero attached hydrogens (tertiary/aromatic N) is 1. The molecule has 1 fully saturated rings. The fourth-order valence-electron chi connectivity index (χ4n) is 3.40. The summed E-state index contributed by atoms with van der Waals surface area (Å²) in [5.74, 6) is -0.138. The molecule has 5 nitrogen and oxygen atoms in total. The van der Waals surface area contributed by atoms with Crippen LogP contribution in [0.4, 0.5) is 0 Å². The lowest BCUT2D eigenvalue weighted by molar-refractivity contribution is -0.255. The molecule has 1 saturated heterocycles. The van der Waals surface area contributed by atoms with Crippen molar-refractivity contribution in [3.63, 3.8) is 0 Å². The minimum Gasteiger partial charge on any atom is -0.543 e. The third kappa shape index (κ3) is 4.49. The van der Waals surface area contributed by atoms with Gasteiger partial charge in [0.1, 0.15) is 5.75 Å². The van der Waals surface area contributed by atoms with Crippen molar-refractivity contribution < 1.29 is 19.4 Å². The highest BCUT2D eigenvalue weighted by atomic mass is 79.9. The first-order valence-electron chi connectivity index (χ1n) is 9.40. The summed E-state index contributed by atoms with van der Waals surface area (Å²) in [6.07, 6.45) is 1.00. The molecule has 2 aromatic carbocycles. The number of carboxylic acids is 1. The first-order valence-corrected chi connectivity index (χ1v) is 10.2. The van der Waals surface area contributed by atoms with Crippen LogP contribution in [0.2, 0.25) is 0 Å². The van der Waals surface area contributed by atoms with E-state index in [1.165, 1.54) is 6.07 Å². The molecule has 0 radical (unpaired) electrons. The molecule has 0 bridgehead atoms. The number of carbonyl (C=O) groups excluding carboxylic acids is 1. The summed E-state index contributed by atoms with van der Waals surface area (Å²) >= 11 is 3.55. The maximum Gasteiger partial charge on any atom is 0.127 e. The lowest BCUT2D eigenvalue weighted by Gasteiger charge is -2.17. The number of benzene rings is 2. The molecule has 0 saturated carbocycles. The standard InChI is InChI=1S/C23H20BrNO4/c24-16-8-9-22(29-14-15-10-11-28-13-15)19(12-16)17-4-1-2-5-18(17)20-6-3-7-21(25-20)23(26)27/h1-9,12,15H,10-11,13-14H2,(H,26,27)/p-1. The Bertz CT molecular complexity index is 1030. The second kappa shape index (κ2) is 8.76. The minimum absolute atomic E-state index is 0.0933. The first kappa shape index (κ1) is 19.6. The predicted molar refractivity (Wildman–Crippen MR) is 112 cm³/mol. The van der Waals surface area contributed by atoms with Gasteiger partial charge in [-0.1, -0.05) is 46.3 Å². The number of carbonyl (C=O) groups is 1. The Kier molecular flexibility index (Phi) is 5.92. The van der Waals surface area contributed by atoms with Crippen molar-refractivity contribution in [3.05, 3.63) is 70.8 Å². The highest BCUT2D eigenvalue weighted by Crippen LogP contribution is 2.38. The summed E-state index contributed by atoms with van der Waals surface area (Å²) in [6.45, 7) is 2.10. The molecule has 1 aromatic heterocycles. The molecule has 148 valence electrons. The molecular weight excluding hydrogens is 434 g/mol. The summed E-state index contributed by atoms with van der Waals surface area (Å²) in [6, 6.07) is 18.5. The zero-order chi connectivity index (χ0) is 20.2. The van der Waals surface area contributed by atoms with Gasteiger partial charge < -0.3 is 19.4 Å². The Labute approximate surface area is 177 Å². The van der Waals surface area contributed by atoms with Crippen LogP contribution >= 0.6 is 15.9 Å². The maximum atomic E-state index is 11.2. The molecule has 29 heavy (non-hydrogen) atoms. The average molecular weight is 453 g/mol. The Morgan fingerprint density at radius 2 is 1.93 bits per heavy atom. The van der Waals surface area contributed by atoms with E-state index in [-0.39, 0.29) is 5.69 Å². The number of carboxylic acid groups (broad SMARTS) is 1. The second-order valence-corrected chi connectivity index (χ2v) is 7.84. The molecule has 1 unspecified atom stereocenters. The van der Waals surface area contributed by atoms with Crippen LogP contribution in [-0.2, 0) is 4.74 Å². The predicted octanol–water partition coefficient (Wildman–Crippen LogP) is 3.96. The van der Waals surface area contributed by atoms with Crippen LogP contribution in [0.1, 0.15) is 16.9 Å². The Morgan fingerprint density at radius 3 is 2.69 bits per heavy atom. The van der Waals surface area contributed by atoms with Gasteiger partial charge >= 0.3 is 0 Å². The van der Waals surface area contributed by atoms with Gasteiger partial charge in [0.25, 0.3) is 0 Å². The molecule has 0 amide bonds. The Morgan fingerprint density at radius 1 is 1.10 bits per heavy atom.